The molecule has 106 valence electrons. The van der Waals surface area contributed by atoms with Gasteiger partial charge >= 0.3 is 0 Å². The van der Waals surface area contributed by atoms with Gasteiger partial charge < -0.3 is 0 Å². The predicted octanol–water partition coefficient (Wildman–Crippen LogP) is 3.15. The molecule has 0 atom stereocenters. The molecule has 0 aliphatic heterocycles. The fraction of sp³-hybridized carbons (Fsp3) is 0.133. The molecule has 20 heavy (non-hydrogen) atoms. The Hall–Kier alpha value is -1.98. The van der Waals surface area contributed by atoms with Gasteiger partial charge in [-0.1, -0.05) is 42.5 Å². The highest BCUT2D eigenvalue weighted by Gasteiger charge is 1.93. The monoisotopic (exact) mass is 291 g/mol. The number of hydrogen-bond donors (Lipinski definition) is 1. The van der Waals surface area contributed by atoms with Crippen molar-refractivity contribution in [3.8, 4) is 0 Å². The molecule has 0 fully saturated rings. The van der Waals surface area contributed by atoms with E-state index in [1.807, 2.05) is 42.5 Å². The Balaban J connectivity index is 0.000000286. The molecule has 5 heteroatoms. The van der Waals surface area contributed by atoms with Crippen molar-refractivity contribution in [2.75, 3.05) is 5.75 Å². The van der Waals surface area contributed by atoms with Gasteiger partial charge in [-0.25, -0.2) is 0 Å². The van der Waals surface area contributed by atoms with Crippen LogP contribution in [-0.2, 0) is 10.1 Å². The molecular weight excluding hydrogens is 274 g/mol. The maximum atomic E-state index is 9.56. The van der Waals surface area contributed by atoms with E-state index in [4.69, 9.17) is 4.55 Å². The van der Waals surface area contributed by atoms with Crippen LogP contribution in [0.3, 0.4) is 0 Å². The van der Waals surface area contributed by atoms with Crippen molar-refractivity contribution in [2.45, 2.75) is 6.92 Å². The third-order valence-corrected chi connectivity index (χ3v) is 3.03. The molecular formula is C15H17NO3S. The molecule has 0 spiro atoms. The summed E-state index contributed by atoms with van der Waals surface area (Å²) >= 11 is 0. The summed E-state index contributed by atoms with van der Waals surface area (Å²) in [5, 5.41) is 0. The van der Waals surface area contributed by atoms with E-state index < -0.39 is 10.1 Å². The van der Waals surface area contributed by atoms with E-state index in [0.29, 0.717) is 0 Å². The molecule has 2 aromatic rings. The van der Waals surface area contributed by atoms with Crippen molar-refractivity contribution in [3.05, 3.63) is 66.0 Å². The third kappa shape index (κ3) is 7.45. The molecule has 0 aliphatic rings. The van der Waals surface area contributed by atoms with E-state index in [1.54, 1.807) is 6.20 Å². The molecule has 1 aromatic carbocycles. The molecule has 1 N–H and O–H groups in total. The van der Waals surface area contributed by atoms with Gasteiger partial charge in [-0.05, 0) is 30.7 Å². The number of aromatic nitrogens is 1. The van der Waals surface area contributed by atoms with Crippen molar-refractivity contribution in [1.82, 2.24) is 4.98 Å². The summed E-state index contributed by atoms with van der Waals surface area (Å²) in [6, 6.07) is 16.1. The standard InChI is InChI=1S/C13H11N.C2H6O3S/c1-2-6-12(7-3-1)9-10-13-8-4-5-11-14-13;1-2-6(3,4)5/h1-11H;2H2,1H3,(H,3,4,5). The minimum Gasteiger partial charge on any atom is -0.286 e. The lowest BCUT2D eigenvalue weighted by Crippen LogP contribution is -1.97. The minimum atomic E-state index is -3.66. The average molecular weight is 291 g/mol. The molecule has 1 aromatic heterocycles. The second-order valence-electron chi connectivity index (χ2n) is 3.87. The molecule has 0 saturated carbocycles. The largest absolute Gasteiger partial charge is 0.286 e. The Morgan fingerprint density at radius 1 is 1.05 bits per heavy atom. The summed E-state index contributed by atoms with van der Waals surface area (Å²) in [6.07, 6.45) is 5.86. The van der Waals surface area contributed by atoms with Gasteiger partial charge in [0.25, 0.3) is 10.1 Å². The van der Waals surface area contributed by atoms with Gasteiger partial charge in [-0.2, -0.15) is 8.42 Å². The highest BCUT2D eigenvalue weighted by molar-refractivity contribution is 7.85. The van der Waals surface area contributed by atoms with Gasteiger partial charge in [0, 0.05) is 6.20 Å². The van der Waals surface area contributed by atoms with Crippen LogP contribution in [-0.4, -0.2) is 23.7 Å². The van der Waals surface area contributed by atoms with Crippen molar-refractivity contribution in [3.63, 3.8) is 0 Å². The van der Waals surface area contributed by atoms with E-state index in [0.717, 1.165) is 5.69 Å². The normalized spacial score (nSPS) is 10.9. The lowest BCUT2D eigenvalue weighted by Gasteiger charge is -1.92. The molecule has 0 aliphatic carbocycles. The first-order chi connectivity index (χ1) is 9.51. The zero-order valence-electron chi connectivity index (χ0n) is 11.2. The smallest absolute Gasteiger partial charge is 0.264 e. The van der Waals surface area contributed by atoms with Gasteiger partial charge in [0.1, 0.15) is 0 Å². The Morgan fingerprint density at radius 3 is 2.15 bits per heavy atom. The number of nitrogens with zero attached hydrogens (tertiary/aromatic N) is 1. The first-order valence-corrected chi connectivity index (χ1v) is 7.71. The van der Waals surface area contributed by atoms with Gasteiger partial charge in [-0.3, -0.25) is 9.54 Å². The second-order valence-corrected chi connectivity index (χ2v) is 5.61. The summed E-state index contributed by atoms with van der Waals surface area (Å²) in [6.45, 7) is 1.37. The molecule has 0 radical (unpaired) electrons. The van der Waals surface area contributed by atoms with Crippen LogP contribution in [0.2, 0.25) is 0 Å². The number of hydrogen-bond acceptors (Lipinski definition) is 3. The molecule has 4 nitrogen and oxygen atoms in total. The van der Waals surface area contributed by atoms with Crippen LogP contribution in [0.25, 0.3) is 12.2 Å². The summed E-state index contributed by atoms with van der Waals surface area (Å²) in [5.41, 5.74) is 2.18. The van der Waals surface area contributed by atoms with Crippen LogP contribution in [0.15, 0.2) is 54.7 Å². The van der Waals surface area contributed by atoms with E-state index in [2.05, 4.69) is 23.2 Å². The molecule has 0 bridgehead atoms. The summed E-state index contributed by atoms with van der Waals surface area (Å²) < 4.78 is 26.9. The Labute approximate surface area is 119 Å². The fourth-order valence-electron chi connectivity index (χ4n) is 1.22. The van der Waals surface area contributed by atoms with Crippen LogP contribution in [0.1, 0.15) is 18.2 Å². The number of benzene rings is 1. The average Bonchev–Trinajstić information content (AvgIpc) is 2.47. The SMILES string of the molecule is C(=Cc1ccccn1)c1ccccc1.CCS(=O)(=O)O. The zero-order chi connectivity index (χ0) is 14.8. The van der Waals surface area contributed by atoms with Crippen molar-refractivity contribution in [1.29, 1.82) is 0 Å². The minimum absolute atomic E-state index is 0.201. The van der Waals surface area contributed by atoms with Gasteiger partial charge in [0.15, 0.2) is 0 Å². The zero-order valence-corrected chi connectivity index (χ0v) is 12.0. The Kier molecular flexibility index (Phi) is 6.63. The highest BCUT2D eigenvalue weighted by atomic mass is 32.2. The van der Waals surface area contributed by atoms with E-state index in [9.17, 15) is 8.42 Å². The lowest BCUT2D eigenvalue weighted by molar-refractivity contribution is 0.484. The summed E-state index contributed by atoms with van der Waals surface area (Å²) in [5.74, 6) is -0.201. The quantitative estimate of drug-likeness (QED) is 0.882. The highest BCUT2D eigenvalue weighted by Crippen LogP contribution is 2.04. The molecule has 0 saturated heterocycles. The topological polar surface area (TPSA) is 67.3 Å². The first kappa shape index (κ1) is 16.1. The van der Waals surface area contributed by atoms with Crippen LogP contribution in [0.4, 0.5) is 0 Å². The van der Waals surface area contributed by atoms with Gasteiger partial charge in [0.05, 0.1) is 11.4 Å². The van der Waals surface area contributed by atoms with Crippen LogP contribution >= 0.6 is 0 Å². The van der Waals surface area contributed by atoms with Crippen molar-refractivity contribution >= 4 is 22.3 Å². The van der Waals surface area contributed by atoms with Crippen molar-refractivity contribution in [2.24, 2.45) is 0 Å². The molecule has 1 heterocycles. The maximum Gasteiger partial charge on any atom is 0.264 e. The predicted molar refractivity (Wildman–Crippen MR) is 81.7 cm³/mol. The second kappa shape index (κ2) is 8.24. The van der Waals surface area contributed by atoms with Crippen LogP contribution < -0.4 is 0 Å². The van der Waals surface area contributed by atoms with E-state index in [-0.39, 0.29) is 5.75 Å². The van der Waals surface area contributed by atoms with Gasteiger partial charge in [-0.15, -0.1) is 0 Å². The number of rotatable bonds is 3. The molecule has 0 amide bonds. The van der Waals surface area contributed by atoms with Crippen LogP contribution in [0, 0.1) is 0 Å². The third-order valence-electron chi connectivity index (χ3n) is 2.30. The van der Waals surface area contributed by atoms with E-state index >= 15 is 0 Å². The Morgan fingerprint density at radius 2 is 1.65 bits per heavy atom. The Bertz CT molecular complexity index is 581. The van der Waals surface area contributed by atoms with E-state index in [1.165, 1.54) is 12.5 Å². The first-order valence-electron chi connectivity index (χ1n) is 6.10. The molecule has 2 rings (SSSR count). The summed E-state index contributed by atoms with van der Waals surface area (Å²) in [4.78, 5) is 4.21. The van der Waals surface area contributed by atoms with Gasteiger partial charge in [0.2, 0.25) is 0 Å². The van der Waals surface area contributed by atoms with Crippen LogP contribution in [0.5, 0.6) is 0 Å². The summed E-state index contributed by atoms with van der Waals surface area (Å²) in [7, 11) is -3.66. The maximum absolute atomic E-state index is 9.56. The number of pyridine rings is 1. The lowest BCUT2D eigenvalue weighted by atomic mass is 10.2. The van der Waals surface area contributed by atoms with Crippen molar-refractivity contribution < 1.29 is 13.0 Å². The molecule has 0 unspecified atom stereocenters. The fourth-order valence-corrected chi connectivity index (χ4v) is 1.22.